The van der Waals surface area contributed by atoms with Gasteiger partial charge in [0.25, 0.3) is 11.7 Å². The molecule has 1 aromatic heterocycles. The van der Waals surface area contributed by atoms with Crippen LogP contribution in [0.1, 0.15) is 45.8 Å². The fourth-order valence-electron chi connectivity index (χ4n) is 4.09. The summed E-state index contributed by atoms with van der Waals surface area (Å²) in [5.41, 5.74) is 1.03. The number of benzene rings is 1. The van der Waals surface area contributed by atoms with Crippen molar-refractivity contribution in [3.63, 3.8) is 0 Å². The fraction of sp³-hybridized carbons (Fsp3) is 0.375. The van der Waals surface area contributed by atoms with Gasteiger partial charge in [-0.2, -0.15) is 0 Å². The Morgan fingerprint density at radius 2 is 1.91 bits per heavy atom. The number of nitrogens with one attached hydrogen (secondary N) is 1. The number of likely N-dealkylation sites (tertiary alicyclic amines) is 1. The summed E-state index contributed by atoms with van der Waals surface area (Å²) >= 11 is 0. The monoisotopic (exact) mass is 457 g/mol. The number of hydrogen-bond acceptors (Lipinski definition) is 6. The Labute approximate surface area is 191 Å². The number of halogens is 1. The van der Waals surface area contributed by atoms with E-state index in [-0.39, 0.29) is 35.5 Å². The molecule has 2 N–H and O–H groups in total. The predicted octanol–water partition coefficient (Wildman–Crippen LogP) is 2.93. The summed E-state index contributed by atoms with van der Waals surface area (Å²) in [4.78, 5) is 44.3. The number of H-pyrrole nitrogens is 1. The first-order valence-corrected chi connectivity index (χ1v) is 10.6. The molecule has 0 radical (unpaired) electrons. The number of aliphatic hydroxyl groups excluding tert-OH is 1. The van der Waals surface area contributed by atoms with E-state index in [0.717, 1.165) is 0 Å². The number of carbonyl (C=O) groups excluding carboxylic acids is 3. The molecule has 9 heteroatoms. The highest BCUT2D eigenvalue weighted by Gasteiger charge is 2.47. The minimum absolute atomic E-state index is 0.105. The third-order valence-electron chi connectivity index (χ3n) is 5.68. The molecular weight excluding hydrogens is 429 g/mol. The molecule has 0 unspecified atom stereocenters. The first kappa shape index (κ1) is 24.2. The zero-order valence-corrected chi connectivity index (χ0v) is 19.4. The highest BCUT2D eigenvalue weighted by atomic mass is 19.1. The number of aliphatic hydroxyl groups is 1. The molecule has 1 fully saturated rings. The molecule has 0 spiro atoms. The second-order valence-corrected chi connectivity index (χ2v) is 8.16. The van der Waals surface area contributed by atoms with Crippen molar-refractivity contribution in [1.82, 2.24) is 14.8 Å². The van der Waals surface area contributed by atoms with E-state index in [9.17, 15) is 23.9 Å². The van der Waals surface area contributed by atoms with E-state index in [0.29, 0.717) is 17.8 Å². The second kappa shape index (κ2) is 9.58. The Hall–Kier alpha value is -3.46. The number of aromatic nitrogens is 1. The minimum atomic E-state index is -1.11. The fourth-order valence-corrected chi connectivity index (χ4v) is 4.09. The maximum atomic E-state index is 14.8. The van der Waals surface area contributed by atoms with Crippen molar-refractivity contribution in [3.8, 4) is 0 Å². The summed E-state index contributed by atoms with van der Waals surface area (Å²) in [6.07, 6.45) is 0. The quantitative estimate of drug-likeness (QED) is 0.287. The van der Waals surface area contributed by atoms with Gasteiger partial charge in [-0.05, 0) is 46.5 Å². The molecule has 0 aliphatic carbocycles. The SMILES string of the molecule is CCOC(=O)c1[nH]c(C)c(C(O)=C2C(=O)C(=O)N(CCN(C)C)[C@H]2c2ccccc2F)c1C. The molecule has 1 aliphatic heterocycles. The van der Waals surface area contributed by atoms with Crippen molar-refractivity contribution in [2.45, 2.75) is 26.8 Å². The van der Waals surface area contributed by atoms with Crippen LogP contribution in [0.25, 0.3) is 5.76 Å². The number of likely N-dealkylation sites (N-methyl/N-ethyl adjacent to an activating group) is 1. The Morgan fingerprint density at radius 1 is 1.24 bits per heavy atom. The summed E-state index contributed by atoms with van der Waals surface area (Å²) in [5.74, 6) is -3.38. The van der Waals surface area contributed by atoms with Gasteiger partial charge in [0.15, 0.2) is 0 Å². The van der Waals surface area contributed by atoms with Crippen molar-refractivity contribution in [3.05, 3.63) is 63.7 Å². The van der Waals surface area contributed by atoms with Crippen LogP contribution in [-0.4, -0.2) is 71.3 Å². The number of esters is 1. The number of nitrogens with zero attached hydrogens (tertiary/aromatic N) is 2. The van der Waals surface area contributed by atoms with E-state index < -0.39 is 35.3 Å². The summed E-state index contributed by atoms with van der Waals surface area (Å²) in [7, 11) is 3.64. The van der Waals surface area contributed by atoms with Crippen LogP contribution in [0.5, 0.6) is 0 Å². The van der Waals surface area contributed by atoms with Crippen LogP contribution in [0.2, 0.25) is 0 Å². The maximum Gasteiger partial charge on any atom is 0.355 e. The lowest BCUT2D eigenvalue weighted by Gasteiger charge is -2.26. The van der Waals surface area contributed by atoms with E-state index in [1.807, 2.05) is 19.0 Å². The third kappa shape index (κ3) is 4.41. The van der Waals surface area contributed by atoms with Crippen LogP contribution in [0.3, 0.4) is 0 Å². The molecule has 1 aromatic carbocycles. The lowest BCUT2D eigenvalue weighted by molar-refractivity contribution is -0.140. The number of aromatic amines is 1. The van der Waals surface area contributed by atoms with Gasteiger partial charge in [-0.1, -0.05) is 18.2 Å². The Bertz CT molecular complexity index is 1140. The number of aryl methyl sites for hydroxylation is 1. The van der Waals surface area contributed by atoms with Crippen molar-refractivity contribution in [2.75, 3.05) is 33.8 Å². The van der Waals surface area contributed by atoms with Gasteiger partial charge >= 0.3 is 5.97 Å². The zero-order chi connectivity index (χ0) is 24.4. The van der Waals surface area contributed by atoms with Crippen LogP contribution in [0.4, 0.5) is 4.39 Å². The summed E-state index contributed by atoms with van der Waals surface area (Å²) in [5, 5.41) is 11.3. The standard InChI is InChI=1S/C24H28FN3O5/c1-6-33-24(32)19-13(2)17(14(3)26-19)21(29)18-20(15-9-7-8-10-16(15)25)28(12-11-27(4)5)23(31)22(18)30/h7-10,20,26,29H,6,11-12H2,1-5H3/t20-/m0/s1. The van der Waals surface area contributed by atoms with E-state index in [2.05, 4.69) is 4.98 Å². The highest BCUT2D eigenvalue weighted by molar-refractivity contribution is 6.46. The summed E-state index contributed by atoms with van der Waals surface area (Å²) < 4.78 is 19.9. The van der Waals surface area contributed by atoms with Crippen molar-refractivity contribution in [2.24, 2.45) is 0 Å². The average Bonchev–Trinajstić information content (AvgIpc) is 3.19. The molecule has 1 amide bonds. The molecule has 8 nitrogen and oxygen atoms in total. The Balaban J connectivity index is 2.22. The Kier molecular flexibility index (Phi) is 7.02. The lowest BCUT2D eigenvalue weighted by atomic mass is 9.93. The topological polar surface area (TPSA) is 103 Å². The molecule has 33 heavy (non-hydrogen) atoms. The molecule has 2 heterocycles. The molecule has 176 valence electrons. The molecule has 1 aliphatic rings. The highest BCUT2D eigenvalue weighted by Crippen LogP contribution is 2.41. The van der Waals surface area contributed by atoms with Gasteiger partial charge < -0.3 is 24.6 Å². The number of ketones is 1. The average molecular weight is 458 g/mol. The molecule has 0 saturated carbocycles. The van der Waals surface area contributed by atoms with Crippen molar-refractivity contribution >= 4 is 23.4 Å². The molecular formula is C24H28FN3O5. The third-order valence-corrected chi connectivity index (χ3v) is 5.68. The maximum absolute atomic E-state index is 14.8. The molecule has 2 aromatic rings. The van der Waals surface area contributed by atoms with Gasteiger partial charge in [0.05, 0.1) is 18.2 Å². The number of amides is 1. The van der Waals surface area contributed by atoms with Gasteiger partial charge in [-0.3, -0.25) is 9.59 Å². The number of carbonyl (C=O) groups is 3. The van der Waals surface area contributed by atoms with Gasteiger partial charge in [0, 0.05) is 29.9 Å². The van der Waals surface area contributed by atoms with E-state index in [4.69, 9.17) is 4.74 Å². The van der Waals surface area contributed by atoms with Crippen LogP contribution < -0.4 is 0 Å². The summed E-state index contributed by atoms with van der Waals surface area (Å²) in [6, 6.07) is 4.74. The lowest BCUT2D eigenvalue weighted by Crippen LogP contribution is -2.35. The van der Waals surface area contributed by atoms with Gasteiger partial charge in [-0.25, -0.2) is 9.18 Å². The first-order valence-electron chi connectivity index (χ1n) is 10.6. The summed E-state index contributed by atoms with van der Waals surface area (Å²) in [6.45, 7) is 5.67. The van der Waals surface area contributed by atoms with Crippen LogP contribution in [0, 0.1) is 19.7 Å². The van der Waals surface area contributed by atoms with Crippen LogP contribution in [-0.2, 0) is 14.3 Å². The Morgan fingerprint density at radius 3 is 2.52 bits per heavy atom. The minimum Gasteiger partial charge on any atom is -0.507 e. The predicted molar refractivity (Wildman–Crippen MR) is 120 cm³/mol. The normalized spacial score (nSPS) is 17.8. The van der Waals surface area contributed by atoms with Crippen LogP contribution >= 0.6 is 0 Å². The van der Waals surface area contributed by atoms with Crippen molar-refractivity contribution < 1.29 is 28.6 Å². The van der Waals surface area contributed by atoms with E-state index in [1.54, 1.807) is 26.8 Å². The smallest absolute Gasteiger partial charge is 0.355 e. The second-order valence-electron chi connectivity index (χ2n) is 8.16. The number of rotatable bonds is 7. The zero-order valence-electron chi connectivity index (χ0n) is 19.4. The van der Waals surface area contributed by atoms with E-state index in [1.165, 1.54) is 23.1 Å². The number of hydrogen-bond donors (Lipinski definition) is 2. The van der Waals surface area contributed by atoms with E-state index >= 15 is 0 Å². The number of Topliss-reactive ketones (excluding diaryl/α,β-unsaturated/α-hetero) is 1. The van der Waals surface area contributed by atoms with Gasteiger partial charge in [-0.15, -0.1) is 0 Å². The molecule has 0 bridgehead atoms. The molecule has 1 saturated heterocycles. The molecule has 3 rings (SSSR count). The largest absolute Gasteiger partial charge is 0.507 e. The van der Waals surface area contributed by atoms with Gasteiger partial charge in [0.1, 0.15) is 17.3 Å². The van der Waals surface area contributed by atoms with Crippen LogP contribution in [0.15, 0.2) is 29.8 Å². The number of ether oxygens (including phenoxy) is 1. The first-order chi connectivity index (χ1) is 15.6. The molecule has 1 atom stereocenters. The van der Waals surface area contributed by atoms with Gasteiger partial charge in [0.2, 0.25) is 0 Å². The van der Waals surface area contributed by atoms with Crippen molar-refractivity contribution in [1.29, 1.82) is 0 Å².